The van der Waals surface area contributed by atoms with Crippen molar-refractivity contribution in [1.82, 2.24) is 0 Å². The van der Waals surface area contributed by atoms with E-state index in [4.69, 9.17) is 4.74 Å². The predicted octanol–water partition coefficient (Wildman–Crippen LogP) is 3.44. The summed E-state index contributed by atoms with van der Waals surface area (Å²) in [6.07, 6.45) is 0.293. The van der Waals surface area contributed by atoms with Gasteiger partial charge >= 0.3 is 0 Å². The van der Waals surface area contributed by atoms with E-state index in [1.54, 1.807) is 13.2 Å². The van der Waals surface area contributed by atoms with Crippen LogP contribution in [0.3, 0.4) is 0 Å². The van der Waals surface area contributed by atoms with Gasteiger partial charge in [-0.05, 0) is 24.1 Å². The van der Waals surface area contributed by atoms with Crippen molar-refractivity contribution in [2.75, 3.05) is 13.7 Å². The normalized spacial score (nSPS) is 12.5. The first-order valence-electron chi connectivity index (χ1n) is 5.01. The third kappa shape index (κ3) is 3.68. The summed E-state index contributed by atoms with van der Waals surface area (Å²) in [6.45, 7) is 2.40. The van der Waals surface area contributed by atoms with Crippen molar-refractivity contribution in [2.24, 2.45) is 5.92 Å². The fourth-order valence-corrected chi connectivity index (χ4v) is 1.84. The number of ether oxygens (including phenoxy) is 1. The maximum atomic E-state index is 13.4. The number of carbonyl (C=O) groups excluding carboxylic acids is 1. The van der Waals surface area contributed by atoms with E-state index in [2.05, 4.69) is 15.9 Å². The van der Waals surface area contributed by atoms with E-state index in [0.717, 1.165) is 0 Å². The van der Waals surface area contributed by atoms with Crippen LogP contribution in [0.4, 0.5) is 4.39 Å². The molecular formula is C12H14BrFO2. The molecular weight excluding hydrogens is 275 g/mol. The highest BCUT2D eigenvalue weighted by Crippen LogP contribution is 2.18. The standard InChI is InChI=1S/C12H14BrFO2/c1-8(7-16-2)5-12(15)10-6-9(13)3-4-11(10)14/h3-4,6,8H,5,7H2,1-2H3. The smallest absolute Gasteiger partial charge is 0.166 e. The maximum absolute atomic E-state index is 13.4. The van der Waals surface area contributed by atoms with Crippen LogP contribution in [0, 0.1) is 11.7 Å². The first-order valence-corrected chi connectivity index (χ1v) is 5.81. The molecule has 0 bridgehead atoms. The molecule has 0 heterocycles. The van der Waals surface area contributed by atoms with Crippen molar-refractivity contribution in [3.63, 3.8) is 0 Å². The van der Waals surface area contributed by atoms with Crippen LogP contribution in [-0.4, -0.2) is 19.5 Å². The Bertz CT molecular complexity index is 379. The summed E-state index contributed by atoms with van der Waals surface area (Å²) >= 11 is 3.22. The van der Waals surface area contributed by atoms with Gasteiger partial charge in [0.2, 0.25) is 0 Å². The van der Waals surface area contributed by atoms with Gasteiger partial charge in [0.15, 0.2) is 5.78 Å². The average Bonchev–Trinajstić information content (AvgIpc) is 2.21. The summed E-state index contributed by atoms with van der Waals surface area (Å²) in [5, 5.41) is 0. The monoisotopic (exact) mass is 288 g/mol. The van der Waals surface area contributed by atoms with Gasteiger partial charge in [-0.2, -0.15) is 0 Å². The van der Waals surface area contributed by atoms with Crippen LogP contribution in [0.15, 0.2) is 22.7 Å². The van der Waals surface area contributed by atoms with Crippen molar-refractivity contribution in [3.05, 3.63) is 34.1 Å². The zero-order valence-corrected chi connectivity index (χ0v) is 10.9. The second kappa shape index (κ2) is 6.11. The maximum Gasteiger partial charge on any atom is 0.166 e. The summed E-state index contributed by atoms with van der Waals surface area (Å²) in [7, 11) is 1.58. The highest BCUT2D eigenvalue weighted by atomic mass is 79.9. The Kier molecular flexibility index (Phi) is 5.09. The SMILES string of the molecule is COCC(C)CC(=O)c1cc(Br)ccc1F. The number of hydrogen-bond acceptors (Lipinski definition) is 2. The zero-order chi connectivity index (χ0) is 12.1. The predicted molar refractivity (Wildman–Crippen MR) is 64.1 cm³/mol. The summed E-state index contributed by atoms with van der Waals surface area (Å²) in [4.78, 5) is 11.8. The minimum absolute atomic E-state index is 0.0934. The Morgan fingerprint density at radius 2 is 2.25 bits per heavy atom. The summed E-state index contributed by atoms with van der Waals surface area (Å²) in [5.41, 5.74) is 0.136. The largest absolute Gasteiger partial charge is 0.384 e. The van der Waals surface area contributed by atoms with E-state index in [1.807, 2.05) is 6.92 Å². The van der Waals surface area contributed by atoms with Gasteiger partial charge in [-0.1, -0.05) is 22.9 Å². The molecule has 2 nitrogen and oxygen atoms in total. The highest BCUT2D eigenvalue weighted by Gasteiger charge is 2.15. The Balaban J connectivity index is 2.76. The minimum atomic E-state index is -0.474. The van der Waals surface area contributed by atoms with Crippen molar-refractivity contribution >= 4 is 21.7 Å². The van der Waals surface area contributed by atoms with E-state index >= 15 is 0 Å². The van der Waals surface area contributed by atoms with E-state index in [0.29, 0.717) is 17.5 Å². The van der Waals surface area contributed by atoms with Gasteiger partial charge < -0.3 is 4.74 Å². The average molecular weight is 289 g/mol. The van der Waals surface area contributed by atoms with Gasteiger partial charge in [-0.15, -0.1) is 0 Å². The number of methoxy groups -OCH3 is 1. The Morgan fingerprint density at radius 3 is 2.88 bits per heavy atom. The Morgan fingerprint density at radius 1 is 1.56 bits per heavy atom. The lowest BCUT2D eigenvalue weighted by atomic mass is 10.00. The summed E-state index contributed by atoms with van der Waals surface area (Å²) < 4.78 is 19.0. The van der Waals surface area contributed by atoms with E-state index in [1.165, 1.54) is 12.1 Å². The summed E-state index contributed by atoms with van der Waals surface area (Å²) in [5.74, 6) is -0.572. The molecule has 0 fully saturated rings. The molecule has 4 heteroatoms. The fraction of sp³-hybridized carbons (Fsp3) is 0.417. The summed E-state index contributed by atoms with van der Waals surface area (Å²) in [6, 6.07) is 4.38. The quantitative estimate of drug-likeness (QED) is 0.776. The number of hydrogen-bond donors (Lipinski definition) is 0. The lowest BCUT2D eigenvalue weighted by molar-refractivity contribution is 0.0916. The zero-order valence-electron chi connectivity index (χ0n) is 9.30. The first-order chi connectivity index (χ1) is 7.54. The second-order valence-corrected chi connectivity index (χ2v) is 4.73. The van der Waals surface area contributed by atoms with E-state index in [-0.39, 0.29) is 17.3 Å². The van der Waals surface area contributed by atoms with Gasteiger partial charge in [0, 0.05) is 24.6 Å². The molecule has 0 aliphatic carbocycles. The van der Waals surface area contributed by atoms with Crippen molar-refractivity contribution < 1.29 is 13.9 Å². The number of halogens is 2. The third-order valence-electron chi connectivity index (χ3n) is 2.21. The molecule has 0 saturated carbocycles. The third-order valence-corrected chi connectivity index (χ3v) is 2.71. The van der Waals surface area contributed by atoms with Gasteiger partial charge in [0.05, 0.1) is 5.56 Å². The topological polar surface area (TPSA) is 26.3 Å². The lowest BCUT2D eigenvalue weighted by Crippen LogP contribution is -2.12. The van der Waals surface area contributed by atoms with Crippen molar-refractivity contribution in [3.8, 4) is 0 Å². The molecule has 0 saturated heterocycles. The molecule has 1 atom stereocenters. The molecule has 0 spiro atoms. The molecule has 0 N–H and O–H groups in total. The van der Waals surface area contributed by atoms with Crippen molar-refractivity contribution in [2.45, 2.75) is 13.3 Å². The molecule has 1 rings (SSSR count). The fourth-order valence-electron chi connectivity index (χ4n) is 1.48. The van der Waals surface area contributed by atoms with Crippen LogP contribution in [-0.2, 0) is 4.74 Å². The van der Waals surface area contributed by atoms with Gasteiger partial charge in [-0.3, -0.25) is 4.79 Å². The van der Waals surface area contributed by atoms with Gasteiger partial charge in [0.1, 0.15) is 5.82 Å². The molecule has 0 radical (unpaired) electrons. The van der Waals surface area contributed by atoms with Gasteiger partial charge in [-0.25, -0.2) is 4.39 Å². The molecule has 0 aliphatic rings. The minimum Gasteiger partial charge on any atom is -0.384 e. The molecule has 1 unspecified atom stereocenters. The van der Waals surface area contributed by atoms with Crippen molar-refractivity contribution in [1.29, 1.82) is 0 Å². The molecule has 1 aromatic rings. The Hall–Kier alpha value is -0.740. The number of rotatable bonds is 5. The Labute approximate surface area is 103 Å². The molecule has 16 heavy (non-hydrogen) atoms. The number of ketones is 1. The van der Waals surface area contributed by atoms with Crippen LogP contribution < -0.4 is 0 Å². The van der Waals surface area contributed by atoms with Crippen LogP contribution in [0.5, 0.6) is 0 Å². The molecule has 1 aromatic carbocycles. The van der Waals surface area contributed by atoms with E-state index in [9.17, 15) is 9.18 Å². The highest BCUT2D eigenvalue weighted by molar-refractivity contribution is 9.10. The van der Waals surface area contributed by atoms with Crippen LogP contribution in [0.25, 0.3) is 0 Å². The second-order valence-electron chi connectivity index (χ2n) is 3.81. The number of Topliss-reactive ketones (excluding diaryl/α,β-unsaturated/α-hetero) is 1. The molecule has 88 valence electrons. The molecule has 0 amide bonds. The molecule has 0 aliphatic heterocycles. The van der Waals surface area contributed by atoms with Crippen LogP contribution >= 0.6 is 15.9 Å². The first kappa shape index (κ1) is 13.3. The lowest BCUT2D eigenvalue weighted by Gasteiger charge is -2.09. The van der Waals surface area contributed by atoms with Crippen LogP contribution in [0.1, 0.15) is 23.7 Å². The number of benzene rings is 1. The number of carbonyl (C=O) groups is 1. The molecule has 0 aromatic heterocycles. The van der Waals surface area contributed by atoms with E-state index < -0.39 is 5.82 Å². The van der Waals surface area contributed by atoms with Gasteiger partial charge in [0.25, 0.3) is 0 Å². The van der Waals surface area contributed by atoms with Crippen LogP contribution in [0.2, 0.25) is 0 Å².